The number of ether oxygens (including phenoxy) is 1. The van der Waals surface area contributed by atoms with Gasteiger partial charge in [0.2, 0.25) is 5.95 Å². The smallest absolute Gasteiger partial charge is 0.222 e. The minimum atomic E-state index is -1.35. The van der Waals surface area contributed by atoms with Gasteiger partial charge >= 0.3 is 0 Å². The third kappa shape index (κ3) is 2.94. The van der Waals surface area contributed by atoms with E-state index in [9.17, 15) is 19.7 Å². The summed E-state index contributed by atoms with van der Waals surface area (Å²) in [4.78, 5) is 8.29. The molecule has 0 unspecified atom stereocenters. The zero-order valence-electron chi connectivity index (χ0n) is 14.4. The van der Waals surface area contributed by atoms with E-state index in [1.165, 1.54) is 24.3 Å². The maximum absolute atomic E-state index is 13.1. The minimum Gasteiger partial charge on any atom is -0.387 e. The van der Waals surface area contributed by atoms with Crippen LogP contribution < -0.4 is 5.73 Å². The van der Waals surface area contributed by atoms with Crippen molar-refractivity contribution in [2.45, 2.75) is 37.6 Å². The Morgan fingerprint density at radius 1 is 1.15 bits per heavy atom. The molecule has 1 saturated heterocycles. The van der Waals surface area contributed by atoms with Gasteiger partial charge in [0.1, 0.15) is 35.9 Å². The molecule has 3 heterocycles. The van der Waals surface area contributed by atoms with Crippen LogP contribution in [0.25, 0.3) is 11.0 Å². The molecular weight excluding hydrogens is 355 g/mol. The van der Waals surface area contributed by atoms with Crippen LogP contribution in [-0.2, 0) is 4.74 Å². The average Bonchev–Trinajstić information content (AvgIpc) is 3.17. The Balaban J connectivity index is 1.67. The van der Waals surface area contributed by atoms with Crippen molar-refractivity contribution in [2.24, 2.45) is 0 Å². The van der Waals surface area contributed by atoms with Crippen LogP contribution >= 0.6 is 0 Å². The summed E-state index contributed by atoms with van der Waals surface area (Å²) in [6, 6.07) is 6.97. The minimum absolute atomic E-state index is 0.0795. The predicted octanol–water partition coefficient (Wildman–Crippen LogP) is 0.814. The highest BCUT2D eigenvalue weighted by Gasteiger charge is 2.47. The van der Waals surface area contributed by atoms with Crippen molar-refractivity contribution in [1.29, 1.82) is 0 Å². The van der Waals surface area contributed by atoms with Gasteiger partial charge in [-0.2, -0.15) is 4.98 Å². The number of rotatable bonds is 3. The van der Waals surface area contributed by atoms with Crippen LogP contribution in [0.2, 0.25) is 0 Å². The molecule has 0 spiro atoms. The SMILES string of the molecule is Cc1nc(N)nc2c1ccn2[C@@H]1O[C@H]([C@H](O)c2ccc(F)cc2)[C@@H](O)[C@H]1O. The van der Waals surface area contributed by atoms with Gasteiger partial charge in [0, 0.05) is 11.6 Å². The highest BCUT2D eigenvalue weighted by atomic mass is 19.1. The number of nitrogens with zero attached hydrogens (tertiary/aromatic N) is 3. The second-order valence-corrected chi connectivity index (χ2v) is 6.60. The Kier molecular flexibility index (Phi) is 4.31. The van der Waals surface area contributed by atoms with Crippen molar-refractivity contribution in [1.82, 2.24) is 14.5 Å². The van der Waals surface area contributed by atoms with E-state index in [-0.39, 0.29) is 5.95 Å². The zero-order valence-corrected chi connectivity index (χ0v) is 14.4. The van der Waals surface area contributed by atoms with Crippen molar-refractivity contribution >= 4 is 17.0 Å². The molecule has 3 aromatic rings. The topological polar surface area (TPSA) is 127 Å². The molecular formula is C18H19FN4O4. The van der Waals surface area contributed by atoms with Gasteiger partial charge in [-0.15, -0.1) is 0 Å². The largest absolute Gasteiger partial charge is 0.387 e. The third-order valence-electron chi connectivity index (χ3n) is 4.85. The molecule has 0 bridgehead atoms. The van der Waals surface area contributed by atoms with Gasteiger partial charge in [0.25, 0.3) is 0 Å². The van der Waals surface area contributed by atoms with Gasteiger partial charge in [0.15, 0.2) is 6.23 Å². The number of hydrogen-bond acceptors (Lipinski definition) is 7. The lowest BCUT2D eigenvalue weighted by Crippen LogP contribution is -2.34. The molecule has 0 amide bonds. The Morgan fingerprint density at radius 3 is 2.56 bits per heavy atom. The fourth-order valence-electron chi connectivity index (χ4n) is 3.44. The summed E-state index contributed by atoms with van der Waals surface area (Å²) in [5.74, 6) is -0.362. The highest BCUT2D eigenvalue weighted by Crippen LogP contribution is 2.37. The van der Waals surface area contributed by atoms with Gasteiger partial charge < -0.3 is 30.4 Å². The van der Waals surface area contributed by atoms with E-state index >= 15 is 0 Å². The standard InChI is InChI=1S/C18H19FN4O4/c1-8-11-6-7-23(16(11)22-18(20)21-8)17-14(26)13(25)15(27-17)12(24)9-2-4-10(19)5-3-9/h2-7,12-15,17,24-26H,1H3,(H2,20,21,22)/t12-,13+,14-,15-,17-/m1/s1. The van der Waals surface area contributed by atoms with Crippen LogP contribution in [0.15, 0.2) is 36.5 Å². The number of nitrogen functional groups attached to an aromatic ring is 1. The Hall–Kier alpha value is -2.59. The summed E-state index contributed by atoms with van der Waals surface area (Å²) >= 11 is 0. The van der Waals surface area contributed by atoms with Crippen molar-refractivity contribution < 1.29 is 24.4 Å². The van der Waals surface area contributed by atoms with Gasteiger partial charge in [-0.3, -0.25) is 0 Å². The molecule has 5 N–H and O–H groups in total. The average molecular weight is 374 g/mol. The molecule has 1 fully saturated rings. The molecule has 9 heteroatoms. The maximum Gasteiger partial charge on any atom is 0.222 e. The fourth-order valence-corrected chi connectivity index (χ4v) is 3.44. The quantitative estimate of drug-likeness (QED) is 0.534. The van der Waals surface area contributed by atoms with E-state index in [4.69, 9.17) is 10.5 Å². The number of aliphatic hydroxyl groups excluding tert-OH is 3. The highest BCUT2D eigenvalue weighted by molar-refractivity contribution is 5.79. The first-order chi connectivity index (χ1) is 12.9. The van der Waals surface area contributed by atoms with Crippen LogP contribution in [0.5, 0.6) is 0 Å². The number of aryl methyl sites for hydroxylation is 1. The number of fused-ring (bicyclic) bond motifs is 1. The number of aliphatic hydroxyl groups is 3. The Morgan fingerprint density at radius 2 is 1.85 bits per heavy atom. The summed E-state index contributed by atoms with van der Waals surface area (Å²) in [6.45, 7) is 1.78. The van der Waals surface area contributed by atoms with Gasteiger partial charge in [-0.25, -0.2) is 9.37 Å². The summed E-state index contributed by atoms with van der Waals surface area (Å²) in [5, 5.41) is 32.2. The molecule has 0 radical (unpaired) electrons. The Labute approximate surface area is 153 Å². The van der Waals surface area contributed by atoms with Crippen molar-refractivity contribution in [2.75, 3.05) is 5.73 Å². The fraction of sp³-hybridized carbons (Fsp3) is 0.333. The maximum atomic E-state index is 13.1. The van der Waals surface area contributed by atoms with E-state index in [0.29, 0.717) is 16.9 Å². The molecule has 8 nitrogen and oxygen atoms in total. The molecule has 0 aliphatic carbocycles. The van der Waals surface area contributed by atoms with Crippen molar-refractivity contribution in [3.8, 4) is 0 Å². The van der Waals surface area contributed by atoms with Crippen LogP contribution in [0.1, 0.15) is 23.6 Å². The van der Waals surface area contributed by atoms with Crippen LogP contribution in [0, 0.1) is 12.7 Å². The molecule has 1 aliphatic rings. The van der Waals surface area contributed by atoms with Gasteiger partial charge in [-0.05, 0) is 30.7 Å². The second-order valence-electron chi connectivity index (χ2n) is 6.60. The summed E-state index contributed by atoms with van der Waals surface area (Å²) in [5.41, 5.74) is 7.21. The molecule has 142 valence electrons. The lowest BCUT2D eigenvalue weighted by Gasteiger charge is -2.21. The van der Waals surface area contributed by atoms with E-state index in [1.807, 2.05) is 0 Å². The monoisotopic (exact) mass is 374 g/mol. The molecule has 1 aliphatic heterocycles. The number of anilines is 1. The lowest BCUT2D eigenvalue weighted by molar-refractivity contribution is -0.0848. The first kappa shape index (κ1) is 17.8. The van der Waals surface area contributed by atoms with Gasteiger partial charge in [0.05, 0.1) is 5.69 Å². The van der Waals surface area contributed by atoms with Crippen molar-refractivity contribution in [3.05, 3.63) is 53.6 Å². The molecule has 5 atom stereocenters. The van der Waals surface area contributed by atoms with Crippen molar-refractivity contribution in [3.63, 3.8) is 0 Å². The third-order valence-corrected chi connectivity index (χ3v) is 4.85. The number of halogens is 1. The zero-order chi connectivity index (χ0) is 19.3. The van der Waals surface area contributed by atoms with E-state index < -0.39 is 36.5 Å². The van der Waals surface area contributed by atoms with Crippen LogP contribution in [-0.4, -0.2) is 48.2 Å². The number of aromatic nitrogens is 3. The van der Waals surface area contributed by atoms with E-state index in [2.05, 4.69) is 9.97 Å². The summed E-state index contributed by atoms with van der Waals surface area (Å²) in [6.07, 6.45) is -4.34. The summed E-state index contributed by atoms with van der Waals surface area (Å²) < 4.78 is 20.4. The molecule has 27 heavy (non-hydrogen) atoms. The van der Waals surface area contributed by atoms with Crippen LogP contribution in [0.4, 0.5) is 10.3 Å². The van der Waals surface area contributed by atoms with E-state index in [1.54, 1.807) is 23.8 Å². The molecule has 0 saturated carbocycles. The lowest BCUT2D eigenvalue weighted by atomic mass is 9.99. The number of hydrogen-bond donors (Lipinski definition) is 4. The summed E-state index contributed by atoms with van der Waals surface area (Å²) in [7, 11) is 0. The number of benzene rings is 1. The second kappa shape index (κ2) is 6.54. The molecule has 1 aromatic carbocycles. The number of nitrogens with two attached hydrogens (primary N) is 1. The molecule has 4 rings (SSSR count). The van der Waals surface area contributed by atoms with Crippen LogP contribution in [0.3, 0.4) is 0 Å². The first-order valence-corrected chi connectivity index (χ1v) is 8.42. The Bertz CT molecular complexity index is 977. The van der Waals surface area contributed by atoms with Gasteiger partial charge in [-0.1, -0.05) is 12.1 Å². The molecule has 2 aromatic heterocycles. The predicted molar refractivity (Wildman–Crippen MR) is 94.0 cm³/mol. The first-order valence-electron chi connectivity index (χ1n) is 8.42. The normalized spacial score (nSPS) is 26.6. The van der Waals surface area contributed by atoms with E-state index in [0.717, 1.165) is 5.39 Å².